The number of amides is 1. The molecule has 0 radical (unpaired) electrons. The molecular formula is C17H20N2OS. The van der Waals surface area contributed by atoms with E-state index in [9.17, 15) is 4.79 Å². The molecule has 110 valence electrons. The van der Waals surface area contributed by atoms with Gasteiger partial charge in [-0.3, -0.25) is 4.79 Å². The highest BCUT2D eigenvalue weighted by Gasteiger charge is 2.32. The van der Waals surface area contributed by atoms with E-state index in [1.807, 2.05) is 24.0 Å². The lowest BCUT2D eigenvalue weighted by Gasteiger charge is -2.36. The van der Waals surface area contributed by atoms with Gasteiger partial charge in [0.1, 0.15) is 0 Å². The van der Waals surface area contributed by atoms with E-state index in [2.05, 4.69) is 18.4 Å². The monoisotopic (exact) mass is 300 g/mol. The van der Waals surface area contributed by atoms with Gasteiger partial charge in [-0.2, -0.15) is 0 Å². The van der Waals surface area contributed by atoms with Gasteiger partial charge in [-0.25, -0.2) is 0 Å². The molecule has 1 amide bonds. The summed E-state index contributed by atoms with van der Waals surface area (Å²) >= 11 is 1.80. The molecule has 1 aliphatic heterocycles. The number of nitrogen functional groups attached to an aromatic ring is 1. The first-order valence-corrected chi connectivity index (χ1v) is 8.23. The number of rotatable bonds is 2. The Morgan fingerprint density at radius 1 is 1.43 bits per heavy atom. The van der Waals surface area contributed by atoms with Crippen molar-refractivity contribution in [3.63, 3.8) is 0 Å². The molecule has 2 aromatic rings. The lowest BCUT2D eigenvalue weighted by molar-refractivity contribution is 0.0658. The fourth-order valence-corrected chi connectivity index (χ4v) is 4.13. The number of hydrogen-bond donors (Lipinski definition) is 1. The van der Waals surface area contributed by atoms with Crippen LogP contribution in [0.5, 0.6) is 0 Å². The van der Waals surface area contributed by atoms with Gasteiger partial charge >= 0.3 is 0 Å². The van der Waals surface area contributed by atoms with Gasteiger partial charge in [0, 0.05) is 17.1 Å². The third-order valence-corrected chi connectivity index (χ3v) is 5.26. The number of benzene rings is 1. The zero-order valence-electron chi connectivity index (χ0n) is 12.4. The van der Waals surface area contributed by atoms with Gasteiger partial charge < -0.3 is 10.6 Å². The predicted molar refractivity (Wildman–Crippen MR) is 87.7 cm³/mol. The Bertz CT molecular complexity index is 657. The highest BCUT2D eigenvalue weighted by molar-refractivity contribution is 7.10. The maximum absolute atomic E-state index is 13.0. The quantitative estimate of drug-likeness (QED) is 0.858. The van der Waals surface area contributed by atoms with Crippen LogP contribution in [0.25, 0.3) is 0 Å². The van der Waals surface area contributed by atoms with E-state index in [1.54, 1.807) is 17.4 Å². The molecule has 0 saturated carbocycles. The van der Waals surface area contributed by atoms with E-state index < -0.39 is 0 Å². The van der Waals surface area contributed by atoms with Gasteiger partial charge in [-0.15, -0.1) is 11.3 Å². The van der Waals surface area contributed by atoms with Crippen molar-refractivity contribution in [3.8, 4) is 0 Å². The third kappa shape index (κ3) is 2.33. The van der Waals surface area contributed by atoms with Crippen LogP contribution in [0, 0.1) is 6.92 Å². The van der Waals surface area contributed by atoms with Gasteiger partial charge in [0.25, 0.3) is 5.91 Å². The molecule has 2 N–H and O–H groups in total. The molecule has 1 atom stereocenters. The number of nitrogens with zero attached hydrogens (tertiary/aromatic N) is 1. The lowest BCUT2D eigenvalue weighted by atomic mass is 9.95. The molecule has 0 aliphatic carbocycles. The Morgan fingerprint density at radius 3 is 2.95 bits per heavy atom. The molecule has 4 heteroatoms. The van der Waals surface area contributed by atoms with Crippen molar-refractivity contribution in [1.29, 1.82) is 0 Å². The van der Waals surface area contributed by atoms with E-state index in [0.29, 0.717) is 11.3 Å². The fraction of sp³-hybridized carbons (Fsp3) is 0.353. The number of carbonyl (C=O) groups is 1. The van der Waals surface area contributed by atoms with Crippen molar-refractivity contribution >= 4 is 22.9 Å². The van der Waals surface area contributed by atoms with Gasteiger partial charge in [-0.05, 0) is 48.4 Å². The predicted octanol–water partition coefficient (Wildman–Crippen LogP) is 3.79. The fourth-order valence-electron chi connectivity index (χ4n) is 3.21. The summed E-state index contributed by atoms with van der Waals surface area (Å²) < 4.78 is 0. The maximum Gasteiger partial charge on any atom is 0.256 e. The van der Waals surface area contributed by atoms with Crippen LogP contribution in [-0.4, -0.2) is 17.4 Å². The Balaban J connectivity index is 1.99. The number of aryl methyl sites for hydroxylation is 1. The first-order chi connectivity index (χ1) is 10.1. The summed E-state index contributed by atoms with van der Waals surface area (Å²) in [6.07, 6.45) is 1.88. The Labute approximate surface area is 129 Å². The molecule has 0 fully saturated rings. The number of nitrogens with two attached hydrogens (primary N) is 1. The van der Waals surface area contributed by atoms with Crippen LogP contribution in [0.2, 0.25) is 0 Å². The van der Waals surface area contributed by atoms with Crippen molar-refractivity contribution in [2.45, 2.75) is 32.7 Å². The molecule has 1 unspecified atom stereocenters. The SMILES string of the molecule is CCC1c2ccsc2CCN1C(=O)c1c(C)cccc1N. The van der Waals surface area contributed by atoms with Crippen molar-refractivity contribution in [3.05, 3.63) is 51.2 Å². The van der Waals surface area contributed by atoms with Crippen molar-refractivity contribution in [1.82, 2.24) is 4.90 Å². The summed E-state index contributed by atoms with van der Waals surface area (Å²) in [5.74, 6) is 0.0642. The molecule has 21 heavy (non-hydrogen) atoms. The van der Waals surface area contributed by atoms with Crippen LogP contribution in [0.1, 0.15) is 45.7 Å². The number of anilines is 1. The lowest BCUT2D eigenvalue weighted by Crippen LogP contribution is -2.39. The molecule has 2 heterocycles. The van der Waals surface area contributed by atoms with Crippen LogP contribution in [0.3, 0.4) is 0 Å². The van der Waals surface area contributed by atoms with Crippen molar-refractivity contribution < 1.29 is 4.79 Å². The average molecular weight is 300 g/mol. The van der Waals surface area contributed by atoms with E-state index in [-0.39, 0.29) is 11.9 Å². The minimum absolute atomic E-state index is 0.0642. The normalized spacial score (nSPS) is 17.6. The average Bonchev–Trinajstić information content (AvgIpc) is 2.94. The first-order valence-electron chi connectivity index (χ1n) is 7.35. The molecule has 3 nitrogen and oxygen atoms in total. The molecule has 1 aliphatic rings. The third-order valence-electron chi connectivity index (χ3n) is 4.26. The molecule has 1 aromatic heterocycles. The van der Waals surface area contributed by atoms with E-state index in [0.717, 1.165) is 24.9 Å². The van der Waals surface area contributed by atoms with Crippen molar-refractivity contribution in [2.75, 3.05) is 12.3 Å². The second-order valence-electron chi connectivity index (χ2n) is 5.51. The summed E-state index contributed by atoms with van der Waals surface area (Å²) in [7, 11) is 0. The summed E-state index contributed by atoms with van der Waals surface area (Å²) in [5.41, 5.74) is 9.55. The Hall–Kier alpha value is -1.81. The Kier molecular flexibility index (Phi) is 3.72. The van der Waals surface area contributed by atoms with E-state index in [4.69, 9.17) is 5.73 Å². The molecule has 1 aromatic carbocycles. The van der Waals surface area contributed by atoms with Gasteiger partial charge in [0.2, 0.25) is 0 Å². The summed E-state index contributed by atoms with van der Waals surface area (Å²) in [6, 6.07) is 7.98. The summed E-state index contributed by atoms with van der Waals surface area (Å²) in [4.78, 5) is 16.4. The topological polar surface area (TPSA) is 46.3 Å². The minimum Gasteiger partial charge on any atom is -0.398 e. The number of carbonyl (C=O) groups excluding carboxylic acids is 1. The van der Waals surface area contributed by atoms with Gasteiger partial charge in [-0.1, -0.05) is 19.1 Å². The molecule has 0 spiro atoms. The molecular weight excluding hydrogens is 280 g/mol. The smallest absolute Gasteiger partial charge is 0.256 e. The molecule has 0 bridgehead atoms. The maximum atomic E-state index is 13.0. The highest BCUT2D eigenvalue weighted by Crippen LogP contribution is 2.36. The van der Waals surface area contributed by atoms with Gasteiger partial charge in [0.15, 0.2) is 0 Å². The zero-order valence-corrected chi connectivity index (χ0v) is 13.2. The molecule has 0 saturated heterocycles. The molecule has 3 rings (SSSR count). The second-order valence-corrected chi connectivity index (χ2v) is 6.51. The highest BCUT2D eigenvalue weighted by atomic mass is 32.1. The van der Waals surface area contributed by atoms with E-state index >= 15 is 0 Å². The standard InChI is InChI=1S/C17H20N2OS/c1-3-14-12-8-10-21-15(12)7-9-19(14)17(20)16-11(2)5-4-6-13(16)18/h4-6,8,10,14H,3,7,9,18H2,1-2H3. The number of thiophene rings is 1. The Morgan fingerprint density at radius 2 is 2.24 bits per heavy atom. The number of hydrogen-bond acceptors (Lipinski definition) is 3. The minimum atomic E-state index is 0.0642. The van der Waals surface area contributed by atoms with Crippen LogP contribution in [0.4, 0.5) is 5.69 Å². The van der Waals surface area contributed by atoms with Crippen LogP contribution in [0.15, 0.2) is 29.6 Å². The van der Waals surface area contributed by atoms with Crippen LogP contribution in [-0.2, 0) is 6.42 Å². The zero-order chi connectivity index (χ0) is 15.0. The van der Waals surface area contributed by atoms with Gasteiger partial charge in [0.05, 0.1) is 11.6 Å². The summed E-state index contributed by atoms with van der Waals surface area (Å²) in [5, 5.41) is 2.13. The van der Waals surface area contributed by atoms with E-state index in [1.165, 1.54) is 10.4 Å². The first kappa shape index (κ1) is 14.1. The van der Waals surface area contributed by atoms with Crippen molar-refractivity contribution in [2.24, 2.45) is 0 Å². The number of fused-ring (bicyclic) bond motifs is 1. The van der Waals surface area contributed by atoms with Crippen LogP contribution >= 0.6 is 11.3 Å². The largest absolute Gasteiger partial charge is 0.398 e. The summed E-state index contributed by atoms with van der Waals surface area (Å²) in [6.45, 7) is 4.86. The van der Waals surface area contributed by atoms with Crippen LogP contribution < -0.4 is 5.73 Å². The second kappa shape index (κ2) is 5.53.